The van der Waals surface area contributed by atoms with Crippen LogP contribution in [0.15, 0.2) is 30.3 Å². The van der Waals surface area contributed by atoms with E-state index in [0.29, 0.717) is 32.8 Å². The molecule has 2 rings (SSSR count). The van der Waals surface area contributed by atoms with Crippen LogP contribution in [0.25, 0.3) is 0 Å². The summed E-state index contributed by atoms with van der Waals surface area (Å²) in [6.45, 7) is 4.84. The number of likely N-dealkylation sites (tertiary alicyclic amines) is 1. The fourth-order valence-electron chi connectivity index (χ4n) is 2.79. The molecule has 1 saturated heterocycles. The van der Waals surface area contributed by atoms with Crippen LogP contribution < -0.4 is 10.1 Å². The highest BCUT2D eigenvalue weighted by atomic mass is 16.5. The number of carbonyl (C=O) groups is 2. The lowest BCUT2D eigenvalue weighted by Gasteiger charge is -2.30. The summed E-state index contributed by atoms with van der Waals surface area (Å²) in [4.78, 5) is 25.8. The van der Waals surface area contributed by atoms with E-state index in [9.17, 15) is 9.59 Å². The minimum atomic E-state index is -0.154. The molecule has 0 spiro atoms. The van der Waals surface area contributed by atoms with Gasteiger partial charge in [0.1, 0.15) is 12.4 Å². The van der Waals surface area contributed by atoms with Crippen LogP contribution in [-0.2, 0) is 14.3 Å². The van der Waals surface area contributed by atoms with Crippen LogP contribution in [0.5, 0.6) is 5.75 Å². The number of hydrogen-bond acceptors (Lipinski definition) is 5. The summed E-state index contributed by atoms with van der Waals surface area (Å²) in [6.07, 6.45) is 1.75. The van der Waals surface area contributed by atoms with E-state index in [4.69, 9.17) is 9.47 Å². The number of piperidine rings is 1. The van der Waals surface area contributed by atoms with Crippen molar-refractivity contribution in [1.29, 1.82) is 0 Å². The predicted molar refractivity (Wildman–Crippen MR) is 90.7 cm³/mol. The highest BCUT2D eigenvalue weighted by Crippen LogP contribution is 2.17. The minimum absolute atomic E-state index is 0.0452. The summed E-state index contributed by atoms with van der Waals surface area (Å²) in [5, 5.41) is 2.85. The number of carbonyl (C=O) groups excluding carboxylic acids is 2. The fraction of sp³-hybridized carbons (Fsp3) is 0.556. The molecule has 1 amide bonds. The maximum atomic E-state index is 12.0. The molecule has 1 aromatic carbocycles. The average Bonchev–Trinajstić information content (AvgIpc) is 2.60. The SMILES string of the molecule is CCOC(=O)C1CCCN(CC(=O)NCCOc2ccccc2)C1. The molecule has 1 aliphatic heterocycles. The molecule has 1 aromatic rings. The molecule has 0 saturated carbocycles. The molecule has 132 valence electrons. The van der Waals surface area contributed by atoms with Gasteiger partial charge in [0, 0.05) is 6.54 Å². The lowest BCUT2D eigenvalue weighted by Crippen LogP contribution is -2.45. The molecule has 0 bridgehead atoms. The van der Waals surface area contributed by atoms with Crippen molar-refractivity contribution in [3.05, 3.63) is 30.3 Å². The second kappa shape index (κ2) is 9.93. The zero-order chi connectivity index (χ0) is 17.2. The molecule has 24 heavy (non-hydrogen) atoms. The third kappa shape index (κ3) is 6.20. The Morgan fingerprint density at radius 3 is 2.83 bits per heavy atom. The summed E-state index contributed by atoms with van der Waals surface area (Å²) in [6, 6.07) is 9.50. The number of esters is 1. The van der Waals surface area contributed by atoms with E-state index in [1.165, 1.54) is 0 Å². The first-order valence-electron chi connectivity index (χ1n) is 8.52. The monoisotopic (exact) mass is 334 g/mol. The van der Waals surface area contributed by atoms with E-state index in [-0.39, 0.29) is 17.8 Å². The van der Waals surface area contributed by atoms with Gasteiger partial charge in [0.05, 0.1) is 25.6 Å². The number of amides is 1. The lowest BCUT2D eigenvalue weighted by molar-refractivity contribution is -0.150. The van der Waals surface area contributed by atoms with E-state index in [2.05, 4.69) is 5.32 Å². The van der Waals surface area contributed by atoms with E-state index in [1.54, 1.807) is 0 Å². The number of para-hydroxylation sites is 1. The molecule has 1 heterocycles. The van der Waals surface area contributed by atoms with Crippen LogP contribution in [0.1, 0.15) is 19.8 Å². The van der Waals surface area contributed by atoms with Gasteiger partial charge in [-0.1, -0.05) is 18.2 Å². The normalized spacial score (nSPS) is 18.0. The number of hydrogen-bond donors (Lipinski definition) is 1. The van der Waals surface area contributed by atoms with Crippen molar-refractivity contribution in [1.82, 2.24) is 10.2 Å². The molecule has 1 aliphatic rings. The molecule has 0 radical (unpaired) electrons. The smallest absolute Gasteiger partial charge is 0.310 e. The highest BCUT2D eigenvalue weighted by Gasteiger charge is 2.27. The highest BCUT2D eigenvalue weighted by molar-refractivity contribution is 5.78. The Labute approximate surface area is 143 Å². The van der Waals surface area contributed by atoms with Gasteiger partial charge in [0.2, 0.25) is 5.91 Å². The topological polar surface area (TPSA) is 67.9 Å². The van der Waals surface area contributed by atoms with Crippen molar-refractivity contribution in [2.45, 2.75) is 19.8 Å². The maximum Gasteiger partial charge on any atom is 0.310 e. The molecular formula is C18H26N2O4. The maximum absolute atomic E-state index is 12.0. The Bertz CT molecular complexity index is 521. The van der Waals surface area contributed by atoms with Gasteiger partial charge < -0.3 is 14.8 Å². The van der Waals surface area contributed by atoms with Crippen molar-refractivity contribution in [3.8, 4) is 5.75 Å². The molecule has 1 N–H and O–H groups in total. The minimum Gasteiger partial charge on any atom is -0.492 e. The first-order valence-corrected chi connectivity index (χ1v) is 8.52. The van der Waals surface area contributed by atoms with Crippen molar-refractivity contribution in [2.24, 2.45) is 5.92 Å². The Morgan fingerprint density at radius 2 is 2.08 bits per heavy atom. The molecule has 0 aromatic heterocycles. The first kappa shape index (κ1) is 18.3. The second-order valence-corrected chi connectivity index (χ2v) is 5.84. The van der Waals surface area contributed by atoms with Crippen LogP contribution >= 0.6 is 0 Å². The quantitative estimate of drug-likeness (QED) is 0.576. The van der Waals surface area contributed by atoms with Gasteiger partial charge in [0.15, 0.2) is 0 Å². The summed E-state index contributed by atoms with van der Waals surface area (Å²) in [7, 11) is 0. The number of ether oxygens (including phenoxy) is 2. The van der Waals surface area contributed by atoms with Gasteiger partial charge in [0.25, 0.3) is 0 Å². The van der Waals surface area contributed by atoms with Crippen LogP contribution in [-0.4, -0.2) is 56.2 Å². The zero-order valence-corrected chi connectivity index (χ0v) is 14.2. The van der Waals surface area contributed by atoms with Gasteiger partial charge in [-0.15, -0.1) is 0 Å². The number of rotatable bonds is 8. The molecular weight excluding hydrogens is 308 g/mol. The van der Waals surface area contributed by atoms with E-state index < -0.39 is 0 Å². The molecule has 6 heteroatoms. The number of nitrogens with one attached hydrogen (secondary N) is 1. The lowest BCUT2D eigenvalue weighted by atomic mass is 9.98. The summed E-state index contributed by atoms with van der Waals surface area (Å²) in [5.74, 6) is 0.475. The van der Waals surface area contributed by atoms with E-state index in [0.717, 1.165) is 25.1 Å². The van der Waals surface area contributed by atoms with Crippen molar-refractivity contribution in [2.75, 3.05) is 39.4 Å². The van der Waals surface area contributed by atoms with Crippen molar-refractivity contribution >= 4 is 11.9 Å². The molecule has 1 unspecified atom stereocenters. The number of nitrogens with zero attached hydrogens (tertiary/aromatic N) is 1. The summed E-state index contributed by atoms with van der Waals surface area (Å²) >= 11 is 0. The standard InChI is InChI=1S/C18H26N2O4/c1-2-23-18(22)15-7-6-11-20(13-15)14-17(21)19-10-12-24-16-8-4-3-5-9-16/h3-5,8-9,15H,2,6-7,10-14H2,1H3,(H,19,21). The molecule has 6 nitrogen and oxygen atoms in total. The van der Waals surface area contributed by atoms with Gasteiger partial charge in [-0.3, -0.25) is 14.5 Å². The number of benzene rings is 1. The van der Waals surface area contributed by atoms with Crippen LogP contribution in [0.4, 0.5) is 0 Å². The van der Waals surface area contributed by atoms with Crippen molar-refractivity contribution < 1.29 is 19.1 Å². The van der Waals surface area contributed by atoms with Crippen LogP contribution in [0.2, 0.25) is 0 Å². The van der Waals surface area contributed by atoms with Gasteiger partial charge in [-0.05, 0) is 38.4 Å². The Balaban J connectivity index is 1.63. The summed E-state index contributed by atoms with van der Waals surface area (Å²) in [5.41, 5.74) is 0. The van der Waals surface area contributed by atoms with Gasteiger partial charge in [-0.2, -0.15) is 0 Å². The van der Waals surface area contributed by atoms with E-state index >= 15 is 0 Å². The predicted octanol–water partition coefficient (Wildman–Crippen LogP) is 1.46. The Hall–Kier alpha value is -2.08. The van der Waals surface area contributed by atoms with Crippen LogP contribution in [0, 0.1) is 5.92 Å². The molecule has 1 atom stereocenters. The van der Waals surface area contributed by atoms with Gasteiger partial charge in [-0.25, -0.2) is 0 Å². The van der Waals surface area contributed by atoms with Crippen molar-refractivity contribution in [3.63, 3.8) is 0 Å². The molecule has 1 fully saturated rings. The Kier molecular flexibility index (Phi) is 7.55. The molecule has 0 aliphatic carbocycles. The first-order chi connectivity index (χ1) is 11.7. The van der Waals surface area contributed by atoms with Gasteiger partial charge >= 0.3 is 5.97 Å². The zero-order valence-electron chi connectivity index (χ0n) is 14.2. The van der Waals surface area contributed by atoms with E-state index in [1.807, 2.05) is 42.2 Å². The Morgan fingerprint density at radius 1 is 1.29 bits per heavy atom. The third-order valence-electron chi connectivity index (χ3n) is 3.93. The third-order valence-corrected chi connectivity index (χ3v) is 3.93. The summed E-state index contributed by atoms with van der Waals surface area (Å²) < 4.78 is 10.6. The second-order valence-electron chi connectivity index (χ2n) is 5.84. The average molecular weight is 334 g/mol. The van der Waals surface area contributed by atoms with Crippen LogP contribution in [0.3, 0.4) is 0 Å². The largest absolute Gasteiger partial charge is 0.492 e. The fourth-order valence-corrected chi connectivity index (χ4v) is 2.79.